The molecule has 4 nitrogen and oxygen atoms in total. The van der Waals surface area contributed by atoms with E-state index in [9.17, 15) is 31.5 Å². The van der Waals surface area contributed by atoms with Crippen molar-refractivity contribution in [3.8, 4) is 0 Å². The van der Waals surface area contributed by atoms with Gasteiger partial charge in [0.1, 0.15) is 6.61 Å². The first-order valence-corrected chi connectivity index (χ1v) is 9.52. The Bertz CT molecular complexity index is 703. The number of ether oxygens (including phenoxy) is 2. The van der Waals surface area contributed by atoms with Crippen molar-refractivity contribution in [3.05, 3.63) is 34.6 Å². The number of hydrogen-bond donors (Lipinski definition) is 0. The minimum atomic E-state index is -2.31. The van der Waals surface area contributed by atoms with E-state index in [2.05, 4.69) is 0 Å². The Balaban J connectivity index is 2.92. The summed E-state index contributed by atoms with van der Waals surface area (Å²) in [5.41, 5.74) is -3.02. The van der Waals surface area contributed by atoms with E-state index in [1.54, 1.807) is 0 Å². The van der Waals surface area contributed by atoms with Gasteiger partial charge in [0.05, 0.1) is 12.2 Å². The van der Waals surface area contributed by atoms with Gasteiger partial charge in [-0.05, 0) is 19.3 Å². The predicted molar refractivity (Wildman–Crippen MR) is 94.1 cm³/mol. The molecule has 0 aliphatic carbocycles. The molecule has 0 radical (unpaired) electrons. The number of halogens is 5. The first kappa shape index (κ1) is 24.8. The summed E-state index contributed by atoms with van der Waals surface area (Å²) in [7, 11) is 0. The fourth-order valence-corrected chi connectivity index (χ4v) is 2.80. The molecule has 0 aromatic heterocycles. The molecule has 0 unspecified atom stereocenters. The Labute approximate surface area is 166 Å². The molecule has 0 fully saturated rings. The van der Waals surface area contributed by atoms with Gasteiger partial charge < -0.3 is 9.47 Å². The molecule has 0 saturated carbocycles. The number of carbonyl (C=O) groups is 2. The zero-order valence-corrected chi connectivity index (χ0v) is 16.7. The second-order valence-electron chi connectivity index (χ2n) is 6.61. The first-order valence-electron chi connectivity index (χ1n) is 9.52. The molecule has 1 rings (SSSR count). The Morgan fingerprint density at radius 2 is 1.21 bits per heavy atom. The van der Waals surface area contributed by atoms with E-state index in [-0.39, 0.29) is 19.4 Å². The van der Waals surface area contributed by atoms with Crippen LogP contribution in [0.1, 0.15) is 64.9 Å². The maximum Gasteiger partial charge on any atom is 0.323 e. The lowest BCUT2D eigenvalue weighted by molar-refractivity contribution is -0.174. The van der Waals surface area contributed by atoms with E-state index >= 15 is 0 Å². The molecule has 0 aliphatic rings. The molecule has 0 N–H and O–H groups in total. The van der Waals surface area contributed by atoms with Crippen molar-refractivity contribution in [2.45, 2.75) is 65.9 Å². The van der Waals surface area contributed by atoms with Crippen LogP contribution in [-0.2, 0) is 25.7 Å². The van der Waals surface area contributed by atoms with Gasteiger partial charge in [0, 0.05) is 0 Å². The van der Waals surface area contributed by atoms with Crippen molar-refractivity contribution in [1.29, 1.82) is 0 Å². The largest absolute Gasteiger partial charge is 0.465 e. The van der Waals surface area contributed by atoms with Crippen LogP contribution >= 0.6 is 0 Å². The maximum atomic E-state index is 13.7. The quantitative estimate of drug-likeness (QED) is 0.120. The Hall–Kier alpha value is -2.19. The lowest BCUT2D eigenvalue weighted by Crippen LogP contribution is -2.41. The zero-order valence-electron chi connectivity index (χ0n) is 16.7. The van der Waals surface area contributed by atoms with Crippen LogP contribution in [0.15, 0.2) is 0 Å². The van der Waals surface area contributed by atoms with Gasteiger partial charge in [-0.1, -0.05) is 40.0 Å². The molecule has 0 amide bonds. The van der Waals surface area contributed by atoms with Crippen molar-refractivity contribution in [1.82, 2.24) is 0 Å². The van der Waals surface area contributed by atoms with Crippen molar-refractivity contribution in [2.24, 2.45) is 5.41 Å². The normalized spacial score (nSPS) is 11.4. The fraction of sp³-hybridized carbons (Fsp3) is 0.600. The summed E-state index contributed by atoms with van der Waals surface area (Å²) < 4.78 is 77.1. The van der Waals surface area contributed by atoms with E-state index in [4.69, 9.17) is 9.47 Å². The highest BCUT2D eigenvalue weighted by atomic mass is 19.2. The summed E-state index contributed by atoms with van der Waals surface area (Å²) in [4.78, 5) is 25.0. The SMILES string of the molecule is CCCCCCOC(=O)C(CC)(CC)C(=O)OCc1c(F)c(F)c(F)c(F)c1F. The summed E-state index contributed by atoms with van der Waals surface area (Å²) in [6.45, 7) is 3.97. The Kier molecular flexibility index (Phi) is 9.52. The molecule has 0 bridgehead atoms. The highest BCUT2D eigenvalue weighted by Crippen LogP contribution is 2.31. The van der Waals surface area contributed by atoms with Crippen LogP contribution in [0.25, 0.3) is 0 Å². The number of rotatable bonds is 11. The molecule has 1 aromatic rings. The number of esters is 2. The molecular weight excluding hydrogens is 399 g/mol. The Morgan fingerprint density at radius 3 is 1.69 bits per heavy atom. The van der Waals surface area contributed by atoms with Gasteiger partial charge in [0.25, 0.3) is 0 Å². The van der Waals surface area contributed by atoms with E-state index in [1.807, 2.05) is 6.92 Å². The topological polar surface area (TPSA) is 52.6 Å². The number of carbonyl (C=O) groups excluding carboxylic acids is 2. The third kappa shape index (κ3) is 5.45. The molecule has 0 saturated heterocycles. The average molecular weight is 424 g/mol. The molecule has 1 aromatic carbocycles. The molecule has 0 atom stereocenters. The first-order chi connectivity index (χ1) is 13.7. The fourth-order valence-electron chi connectivity index (χ4n) is 2.80. The molecule has 0 spiro atoms. The van der Waals surface area contributed by atoms with Crippen LogP contribution < -0.4 is 0 Å². The summed E-state index contributed by atoms with van der Waals surface area (Å²) >= 11 is 0. The molecule has 9 heteroatoms. The van der Waals surface area contributed by atoms with Gasteiger partial charge in [-0.2, -0.15) is 0 Å². The number of hydrogen-bond acceptors (Lipinski definition) is 4. The van der Waals surface area contributed by atoms with E-state index in [1.165, 1.54) is 13.8 Å². The lowest BCUT2D eigenvalue weighted by Gasteiger charge is -2.27. The smallest absolute Gasteiger partial charge is 0.323 e. The van der Waals surface area contributed by atoms with Crippen LogP contribution in [0.5, 0.6) is 0 Å². The van der Waals surface area contributed by atoms with Crippen LogP contribution in [0.2, 0.25) is 0 Å². The lowest BCUT2D eigenvalue weighted by atomic mass is 9.82. The monoisotopic (exact) mass is 424 g/mol. The summed E-state index contributed by atoms with van der Waals surface area (Å²) in [6.07, 6.45) is 3.38. The average Bonchev–Trinajstić information content (AvgIpc) is 2.72. The van der Waals surface area contributed by atoms with Gasteiger partial charge in [0.2, 0.25) is 5.82 Å². The van der Waals surface area contributed by atoms with Gasteiger partial charge >= 0.3 is 11.9 Å². The highest BCUT2D eigenvalue weighted by molar-refractivity contribution is 6.00. The zero-order chi connectivity index (χ0) is 22.2. The predicted octanol–water partition coefficient (Wildman–Crippen LogP) is 5.36. The van der Waals surface area contributed by atoms with Crippen molar-refractivity contribution < 1.29 is 41.0 Å². The van der Waals surface area contributed by atoms with Gasteiger partial charge in [-0.15, -0.1) is 0 Å². The summed E-state index contributed by atoms with van der Waals surface area (Å²) in [5.74, 6) is -12.8. The maximum absolute atomic E-state index is 13.7. The third-order valence-corrected chi connectivity index (χ3v) is 4.87. The number of benzene rings is 1. The van der Waals surface area contributed by atoms with Gasteiger partial charge in [-0.3, -0.25) is 9.59 Å². The molecule has 0 heterocycles. The van der Waals surface area contributed by atoms with E-state index in [0.29, 0.717) is 6.42 Å². The molecule has 0 aliphatic heterocycles. The minimum Gasteiger partial charge on any atom is -0.465 e. The van der Waals surface area contributed by atoms with Crippen molar-refractivity contribution >= 4 is 11.9 Å². The van der Waals surface area contributed by atoms with Gasteiger partial charge in [-0.25, -0.2) is 22.0 Å². The van der Waals surface area contributed by atoms with E-state index < -0.39 is 58.6 Å². The Morgan fingerprint density at radius 1 is 0.724 bits per heavy atom. The highest BCUT2D eigenvalue weighted by Gasteiger charge is 2.46. The molecular formula is C20H25F5O4. The van der Waals surface area contributed by atoms with Crippen molar-refractivity contribution in [3.63, 3.8) is 0 Å². The van der Waals surface area contributed by atoms with Gasteiger partial charge in [0.15, 0.2) is 28.7 Å². The summed E-state index contributed by atoms with van der Waals surface area (Å²) in [5, 5.41) is 0. The standard InChI is InChI=1S/C20H25F5O4/c1-4-7-8-9-10-28-18(26)20(5-2,6-3)19(27)29-11-12-13(21)15(23)17(25)16(24)14(12)22/h4-11H2,1-3H3. The third-order valence-electron chi connectivity index (χ3n) is 4.87. The van der Waals surface area contributed by atoms with Crippen LogP contribution in [0, 0.1) is 34.5 Å². The van der Waals surface area contributed by atoms with Crippen molar-refractivity contribution in [2.75, 3.05) is 6.61 Å². The van der Waals surface area contributed by atoms with E-state index in [0.717, 1.165) is 19.3 Å². The van der Waals surface area contributed by atoms with Crippen LogP contribution in [0.3, 0.4) is 0 Å². The number of unbranched alkanes of at least 4 members (excludes halogenated alkanes) is 3. The molecule has 29 heavy (non-hydrogen) atoms. The second kappa shape index (κ2) is 11.1. The minimum absolute atomic E-state index is 0.0206. The second-order valence-corrected chi connectivity index (χ2v) is 6.61. The van der Waals surface area contributed by atoms with Crippen LogP contribution in [-0.4, -0.2) is 18.5 Å². The summed E-state index contributed by atoms with van der Waals surface area (Å²) in [6, 6.07) is 0. The van der Waals surface area contributed by atoms with Crippen LogP contribution in [0.4, 0.5) is 22.0 Å². The molecule has 164 valence electrons.